The molecule has 0 spiro atoms. The van der Waals surface area contributed by atoms with Crippen molar-refractivity contribution in [2.24, 2.45) is 5.92 Å². The Morgan fingerprint density at radius 2 is 1.58 bits per heavy atom. The highest BCUT2D eigenvalue weighted by atomic mass is 35.5. The Morgan fingerprint density at radius 3 is 2.16 bits per heavy atom. The molecule has 1 aliphatic heterocycles. The van der Waals surface area contributed by atoms with E-state index >= 15 is 0 Å². The Morgan fingerprint density at radius 1 is 0.977 bits per heavy atom. The number of morpholine rings is 1. The van der Waals surface area contributed by atoms with Crippen molar-refractivity contribution in [3.05, 3.63) is 105 Å². The molecule has 1 heterocycles. The van der Waals surface area contributed by atoms with Gasteiger partial charge in [0.1, 0.15) is 18.2 Å². The first-order valence-corrected chi connectivity index (χ1v) is 15.9. The Hall–Kier alpha value is -3.37. The average Bonchev–Trinajstić information content (AvgIpc) is 3.55. The smallest absolute Gasteiger partial charge is 0.253 e. The van der Waals surface area contributed by atoms with E-state index < -0.39 is 24.3 Å². The molecule has 0 radical (unpaired) electrons. The molecule has 2 amide bonds. The Balaban J connectivity index is 1.57. The maximum Gasteiger partial charge on any atom is 0.253 e. The summed E-state index contributed by atoms with van der Waals surface area (Å²) in [5.41, 5.74) is 3.10. The molecule has 0 aromatic heterocycles. The van der Waals surface area contributed by atoms with Crippen molar-refractivity contribution >= 4 is 35.0 Å². The van der Waals surface area contributed by atoms with E-state index in [1.807, 2.05) is 55.5 Å². The monoisotopic (exact) mass is 617 g/mol. The van der Waals surface area contributed by atoms with Crippen molar-refractivity contribution in [3.63, 3.8) is 0 Å². The van der Waals surface area contributed by atoms with Crippen LogP contribution in [0.3, 0.4) is 0 Å². The first-order valence-electron chi connectivity index (χ1n) is 15.1. The van der Waals surface area contributed by atoms with E-state index in [0.717, 1.165) is 36.0 Å². The number of hydrogen-bond donors (Lipinski definition) is 1. The normalized spacial score (nSPS) is 21.4. The summed E-state index contributed by atoms with van der Waals surface area (Å²) in [4.78, 5) is 30.3. The fraction of sp³-hybridized carbons (Fsp3) is 0.400. The fourth-order valence-electron chi connectivity index (χ4n) is 6.33. The fourth-order valence-corrected chi connectivity index (χ4v) is 6.58. The maximum absolute atomic E-state index is 14.5. The molecule has 4 atom stereocenters. The van der Waals surface area contributed by atoms with Crippen molar-refractivity contribution in [3.8, 4) is 6.07 Å². The lowest BCUT2D eigenvalue weighted by atomic mass is 9.88. The van der Waals surface area contributed by atoms with Crippen LogP contribution >= 0.6 is 23.2 Å². The van der Waals surface area contributed by atoms with Crippen LogP contribution in [0, 0.1) is 17.2 Å². The quantitative estimate of drug-likeness (QED) is 0.254. The van der Waals surface area contributed by atoms with E-state index in [1.54, 1.807) is 29.2 Å². The second-order valence-electron chi connectivity index (χ2n) is 11.6. The number of ether oxygens (including phenoxy) is 1. The third-order valence-electron chi connectivity index (χ3n) is 8.58. The predicted octanol–water partition coefficient (Wildman–Crippen LogP) is 7.59. The molecule has 1 aliphatic carbocycles. The number of nitriles is 1. The van der Waals surface area contributed by atoms with Crippen LogP contribution in [0.2, 0.25) is 10.0 Å². The van der Waals surface area contributed by atoms with E-state index in [4.69, 9.17) is 27.9 Å². The van der Waals surface area contributed by atoms with E-state index in [9.17, 15) is 14.9 Å². The number of carbonyl (C=O) groups is 2. The van der Waals surface area contributed by atoms with E-state index in [1.165, 1.54) is 12.8 Å². The molecule has 2 aliphatic rings. The van der Waals surface area contributed by atoms with Crippen LogP contribution in [0.4, 0.5) is 0 Å². The van der Waals surface area contributed by atoms with Gasteiger partial charge in [-0.2, -0.15) is 5.26 Å². The molecule has 3 aromatic carbocycles. The van der Waals surface area contributed by atoms with Gasteiger partial charge < -0.3 is 15.0 Å². The summed E-state index contributed by atoms with van der Waals surface area (Å²) in [6.45, 7) is 2.66. The number of halogens is 2. The standard InChI is InChI=1S/C35H37Cl2N3O3/c1-2-5-30(34(41)39-22-25-6-3-4-7-25)40-32(26-12-16-28(36)17-13-26)33(27-14-18-29(37)19-15-27)43-31(35(40)42)20-23-8-10-24(21-38)11-9-23/h8-19,25,30-33H,2-7,20,22H2,1H3,(H,39,41)/t30-,31+,32-,33+/m1/s1. The van der Waals surface area contributed by atoms with Crippen molar-refractivity contribution < 1.29 is 14.3 Å². The van der Waals surface area contributed by atoms with E-state index in [-0.39, 0.29) is 11.8 Å². The predicted molar refractivity (Wildman–Crippen MR) is 169 cm³/mol. The molecule has 6 nitrogen and oxygen atoms in total. The summed E-state index contributed by atoms with van der Waals surface area (Å²) in [6, 6.07) is 22.9. The molecule has 0 bridgehead atoms. The van der Waals surface area contributed by atoms with E-state index in [0.29, 0.717) is 40.9 Å². The zero-order chi connectivity index (χ0) is 30.3. The van der Waals surface area contributed by atoms with Crippen LogP contribution in [0.15, 0.2) is 72.8 Å². The number of hydrogen-bond acceptors (Lipinski definition) is 4. The number of amides is 2. The van der Waals surface area contributed by atoms with Gasteiger partial charge in [-0.05, 0) is 78.3 Å². The minimum absolute atomic E-state index is 0.130. The summed E-state index contributed by atoms with van der Waals surface area (Å²) >= 11 is 12.5. The van der Waals surface area contributed by atoms with Gasteiger partial charge in [-0.1, -0.05) is 85.8 Å². The second kappa shape index (κ2) is 14.4. The van der Waals surface area contributed by atoms with Crippen molar-refractivity contribution in [1.29, 1.82) is 5.26 Å². The molecule has 0 unspecified atom stereocenters. The molecule has 2 fully saturated rings. The van der Waals surface area contributed by atoms with E-state index in [2.05, 4.69) is 11.4 Å². The largest absolute Gasteiger partial charge is 0.358 e. The van der Waals surface area contributed by atoms with Crippen LogP contribution in [-0.4, -0.2) is 35.4 Å². The first-order chi connectivity index (χ1) is 20.9. The molecule has 224 valence electrons. The van der Waals surface area contributed by atoms with Gasteiger partial charge in [0, 0.05) is 23.0 Å². The summed E-state index contributed by atoms with van der Waals surface area (Å²) in [6.07, 6.45) is 4.77. The number of carbonyl (C=O) groups excluding carboxylic acids is 2. The zero-order valence-electron chi connectivity index (χ0n) is 24.3. The van der Waals surface area contributed by atoms with Gasteiger partial charge in [0.05, 0.1) is 17.7 Å². The highest BCUT2D eigenvalue weighted by molar-refractivity contribution is 6.30. The highest BCUT2D eigenvalue weighted by Gasteiger charge is 2.48. The number of nitrogens with one attached hydrogen (secondary N) is 1. The molecule has 1 saturated heterocycles. The lowest BCUT2D eigenvalue weighted by Crippen LogP contribution is -2.59. The van der Waals surface area contributed by atoms with Gasteiger partial charge in [0.25, 0.3) is 5.91 Å². The summed E-state index contributed by atoms with van der Waals surface area (Å²) in [5.74, 6) is 0.114. The molecule has 1 saturated carbocycles. The minimum Gasteiger partial charge on any atom is -0.358 e. The SMILES string of the molecule is CCC[C@H](C(=O)NCC1CCCC1)N1C(=O)[C@H](Cc2ccc(C#N)cc2)O[C@@H](c2ccc(Cl)cc2)[C@H]1c1ccc(Cl)cc1. The molecular weight excluding hydrogens is 581 g/mol. The van der Waals surface area contributed by atoms with Crippen molar-refractivity contribution in [2.75, 3.05) is 6.54 Å². The number of rotatable bonds is 10. The van der Waals surface area contributed by atoms with Crippen molar-refractivity contribution in [2.45, 2.75) is 76.2 Å². The van der Waals surface area contributed by atoms with Gasteiger partial charge in [0.15, 0.2) is 0 Å². The van der Waals surface area contributed by atoms with Gasteiger partial charge in [-0.3, -0.25) is 9.59 Å². The van der Waals surface area contributed by atoms with Gasteiger partial charge in [0.2, 0.25) is 5.91 Å². The van der Waals surface area contributed by atoms with Crippen LogP contribution < -0.4 is 5.32 Å². The summed E-state index contributed by atoms with van der Waals surface area (Å²) < 4.78 is 6.70. The average molecular weight is 619 g/mol. The van der Waals surface area contributed by atoms with Crippen LogP contribution in [0.25, 0.3) is 0 Å². The molecular formula is C35H37Cl2N3O3. The van der Waals surface area contributed by atoms with Crippen LogP contribution in [0.5, 0.6) is 0 Å². The second-order valence-corrected chi connectivity index (χ2v) is 12.4. The first kappa shape index (κ1) is 31.1. The molecule has 43 heavy (non-hydrogen) atoms. The Kier molecular flexibility index (Phi) is 10.4. The molecule has 8 heteroatoms. The molecule has 5 rings (SSSR count). The highest BCUT2D eigenvalue weighted by Crippen LogP contribution is 2.44. The van der Waals surface area contributed by atoms with Crippen molar-refractivity contribution in [1.82, 2.24) is 10.2 Å². The Bertz CT molecular complexity index is 1430. The molecule has 3 aromatic rings. The van der Waals surface area contributed by atoms with Crippen LogP contribution in [0.1, 0.15) is 79.8 Å². The maximum atomic E-state index is 14.5. The third kappa shape index (κ3) is 7.41. The van der Waals surface area contributed by atoms with Crippen LogP contribution in [-0.2, 0) is 20.7 Å². The topological polar surface area (TPSA) is 82.4 Å². The lowest BCUT2D eigenvalue weighted by Gasteiger charge is -2.48. The lowest BCUT2D eigenvalue weighted by molar-refractivity contribution is -0.181. The minimum atomic E-state index is -0.834. The summed E-state index contributed by atoms with van der Waals surface area (Å²) in [5, 5.41) is 13.6. The van der Waals surface area contributed by atoms with Gasteiger partial charge >= 0.3 is 0 Å². The number of benzene rings is 3. The zero-order valence-corrected chi connectivity index (χ0v) is 25.9. The third-order valence-corrected chi connectivity index (χ3v) is 9.09. The summed E-state index contributed by atoms with van der Waals surface area (Å²) in [7, 11) is 0. The Labute approximate surface area is 263 Å². The van der Waals surface area contributed by atoms with Gasteiger partial charge in [-0.15, -0.1) is 0 Å². The molecule has 1 N–H and O–H groups in total. The van der Waals surface area contributed by atoms with Gasteiger partial charge in [-0.25, -0.2) is 0 Å². The number of nitrogens with zero attached hydrogens (tertiary/aromatic N) is 2.